The Balaban J connectivity index is 0.00000400. The number of ether oxygens (including phenoxy) is 1. The van der Waals surface area contributed by atoms with Gasteiger partial charge < -0.3 is 20.9 Å². The van der Waals surface area contributed by atoms with Gasteiger partial charge in [-0.1, -0.05) is 30.3 Å². The number of carboxylic acid groups (broad SMARTS) is 1. The van der Waals surface area contributed by atoms with E-state index in [1.54, 1.807) is 0 Å². The number of halogens is 1. The van der Waals surface area contributed by atoms with Crippen LogP contribution in [0.1, 0.15) is 24.8 Å². The van der Waals surface area contributed by atoms with Crippen molar-refractivity contribution in [3.05, 3.63) is 35.9 Å². The minimum absolute atomic E-state index is 0. The molecule has 0 aliphatic rings. The van der Waals surface area contributed by atoms with E-state index in [0.717, 1.165) is 5.56 Å². The molecule has 0 aromatic heterocycles. The molecule has 0 aliphatic heterocycles. The molecule has 1 atom stereocenters. The number of carbonyl (C=O) groups excluding carboxylic acids is 1. The quantitative estimate of drug-likeness (QED) is 0.636. The Morgan fingerprint density at radius 3 is 2.52 bits per heavy atom. The molecule has 1 amide bonds. The molecule has 0 aliphatic carbocycles. The van der Waals surface area contributed by atoms with Gasteiger partial charge in [0.25, 0.3) is 0 Å². The Kier molecular flexibility index (Phi) is 10.0. The van der Waals surface area contributed by atoms with Crippen LogP contribution in [-0.2, 0) is 16.1 Å². The SMILES string of the molecule is Cl.N[C@@H](CCCCNC(=O)OCc1ccccc1)C(=O)O. The fourth-order valence-corrected chi connectivity index (χ4v) is 1.58. The van der Waals surface area contributed by atoms with E-state index in [0.29, 0.717) is 25.8 Å². The molecule has 0 spiro atoms. The molecule has 1 rings (SSSR count). The van der Waals surface area contributed by atoms with Crippen LogP contribution < -0.4 is 11.1 Å². The van der Waals surface area contributed by atoms with Gasteiger partial charge in [-0.2, -0.15) is 0 Å². The maximum absolute atomic E-state index is 11.4. The van der Waals surface area contributed by atoms with Crippen molar-refractivity contribution >= 4 is 24.5 Å². The van der Waals surface area contributed by atoms with Crippen LogP contribution in [0.4, 0.5) is 4.79 Å². The third-order valence-electron chi connectivity index (χ3n) is 2.74. The monoisotopic (exact) mass is 316 g/mol. The molecule has 0 bridgehead atoms. The maximum Gasteiger partial charge on any atom is 0.407 e. The van der Waals surface area contributed by atoms with Crippen molar-refractivity contribution in [1.29, 1.82) is 0 Å². The molecule has 0 saturated carbocycles. The summed E-state index contributed by atoms with van der Waals surface area (Å²) in [4.78, 5) is 21.8. The van der Waals surface area contributed by atoms with E-state index in [1.165, 1.54) is 0 Å². The Morgan fingerprint density at radius 1 is 1.24 bits per heavy atom. The number of carboxylic acids is 1. The van der Waals surface area contributed by atoms with Gasteiger partial charge in [-0.25, -0.2) is 4.79 Å². The van der Waals surface area contributed by atoms with Gasteiger partial charge in [0.2, 0.25) is 0 Å². The van der Waals surface area contributed by atoms with Crippen LogP contribution in [-0.4, -0.2) is 29.8 Å². The van der Waals surface area contributed by atoms with Gasteiger partial charge in [0, 0.05) is 6.54 Å². The normalized spacial score (nSPS) is 11.1. The molecule has 1 aromatic rings. The summed E-state index contributed by atoms with van der Waals surface area (Å²) in [5, 5.41) is 11.2. The first kappa shape index (κ1) is 19.2. The van der Waals surface area contributed by atoms with Crippen LogP contribution in [0.15, 0.2) is 30.3 Å². The van der Waals surface area contributed by atoms with Crippen molar-refractivity contribution in [2.45, 2.75) is 31.9 Å². The van der Waals surface area contributed by atoms with Crippen LogP contribution in [0.25, 0.3) is 0 Å². The molecule has 0 radical (unpaired) electrons. The number of nitrogens with one attached hydrogen (secondary N) is 1. The second-order valence-corrected chi connectivity index (χ2v) is 4.43. The molecule has 4 N–H and O–H groups in total. The predicted octanol–water partition coefficient (Wildman–Crippen LogP) is 1.92. The van der Waals surface area contributed by atoms with Gasteiger partial charge in [0.15, 0.2) is 0 Å². The second-order valence-electron chi connectivity index (χ2n) is 4.43. The van der Waals surface area contributed by atoms with E-state index in [-0.39, 0.29) is 19.0 Å². The molecular weight excluding hydrogens is 296 g/mol. The number of hydrogen-bond donors (Lipinski definition) is 3. The Bertz CT molecular complexity index is 428. The van der Waals surface area contributed by atoms with E-state index < -0.39 is 18.1 Å². The number of aliphatic carboxylic acids is 1. The zero-order chi connectivity index (χ0) is 14.8. The molecule has 21 heavy (non-hydrogen) atoms. The number of amides is 1. The van der Waals surface area contributed by atoms with E-state index in [2.05, 4.69) is 5.32 Å². The van der Waals surface area contributed by atoms with E-state index in [4.69, 9.17) is 15.6 Å². The van der Waals surface area contributed by atoms with Crippen molar-refractivity contribution in [3.8, 4) is 0 Å². The third-order valence-corrected chi connectivity index (χ3v) is 2.74. The molecule has 118 valence electrons. The van der Waals surface area contributed by atoms with E-state index in [9.17, 15) is 9.59 Å². The first-order valence-corrected chi connectivity index (χ1v) is 6.52. The first-order chi connectivity index (χ1) is 9.59. The van der Waals surface area contributed by atoms with Gasteiger partial charge >= 0.3 is 12.1 Å². The molecule has 1 aromatic carbocycles. The van der Waals surface area contributed by atoms with Gasteiger partial charge in [0.05, 0.1) is 0 Å². The fourth-order valence-electron chi connectivity index (χ4n) is 1.58. The molecule has 0 heterocycles. The molecular formula is C14H21ClN2O4. The predicted molar refractivity (Wildman–Crippen MR) is 81.3 cm³/mol. The van der Waals surface area contributed by atoms with Crippen molar-refractivity contribution in [1.82, 2.24) is 5.32 Å². The minimum atomic E-state index is -1.000. The van der Waals surface area contributed by atoms with Crippen molar-refractivity contribution in [2.75, 3.05) is 6.54 Å². The number of unbranched alkanes of at least 4 members (excludes halogenated alkanes) is 1. The van der Waals surface area contributed by atoms with Crippen LogP contribution in [0.2, 0.25) is 0 Å². The van der Waals surface area contributed by atoms with Crippen LogP contribution in [0.3, 0.4) is 0 Å². The standard InChI is InChI=1S/C14H20N2O4.ClH/c15-12(13(17)18)8-4-5-9-16-14(19)20-10-11-6-2-1-3-7-11;/h1-3,6-7,12H,4-5,8-10,15H2,(H,16,19)(H,17,18);1H/t12-;/m0./s1. The van der Waals surface area contributed by atoms with E-state index in [1.807, 2.05) is 30.3 Å². The van der Waals surface area contributed by atoms with Crippen LogP contribution in [0.5, 0.6) is 0 Å². The third kappa shape index (κ3) is 8.88. The average molecular weight is 317 g/mol. The minimum Gasteiger partial charge on any atom is -0.480 e. The molecule has 0 saturated heterocycles. The van der Waals surface area contributed by atoms with Crippen molar-refractivity contribution in [2.24, 2.45) is 5.73 Å². The lowest BCUT2D eigenvalue weighted by atomic mass is 10.1. The topological polar surface area (TPSA) is 102 Å². The lowest BCUT2D eigenvalue weighted by Crippen LogP contribution is -2.30. The molecule has 7 heteroatoms. The van der Waals surface area contributed by atoms with Gasteiger partial charge in [-0.15, -0.1) is 12.4 Å². The zero-order valence-corrected chi connectivity index (χ0v) is 12.5. The summed E-state index contributed by atoms with van der Waals surface area (Å²) >= 11 is 0. The molecule has 0 fully saturated rings. The summed E-state index contributed by atoms with van der Waals surface area (Å²) in [6, 6.07) is 8.57. The number of hydrogen-bond acceptors (Lipinski definition) is 4. The average Bonchev–Trinajstić information content (AvgIpc) is 2.45. The number of carbonyl (C=O) groups is 2. The number of alkyl carbamates (subject to hydrolysis) is 1. The largest absolute Gasteiger partial charge is 0.480 e. The van der Waals surface area contributed by atoms with Crippen molar-refractivity contribution < 1.29 is 19.4 Å². The van der Waals surface area contributed by atoms with E-state index >= 15 is 0 Å². The Morgan fingerprint density at radius 2 is 1.90 bits per heavy atom. The highest BCUT2D eigenvalue weighted by Crippen LogP contribution is 2.01. The fraction of sp³-hybridized carbons (Fsp3) is 0.429. The van der Waals surface area contributed by atoms with Crippen molar-refractivity contribution in [3.63, 3.8) is 0 Å². The maximum atomic E-state index is 11.4. The second kappa shape index (κ2) is 10.9. The molecule has 0 unspecified atom stereocenters. The highest BCUT2D eigenvalue weighted by atomic mass is 35.5. The number of nitrogens with two attached hydrogens (primary N) is 1. The molecule has 6 nitrogen and oxygen atoms in total. The van der Waals surface area contributed by atoms with Crippen LogP contribution >= 0.6 is 12.4 Å². The summed E-state index contributed by atoms with van der Waals surface area (Å²) in [6.07, 6.45) is 1.24. The summed E-state index contributed by atoms with van der Waals surface area (Å²) in [7, 11) is 0. The summed E-state index contributed by atoms with van der Waals surface area (Å²) in [5.74, 6) is -1.000. The van der Waals surface area contributed by atoms with Gasteiger partial charge in [-0.05, 0) is 24.8 Å². The number of benzene rings is 1. The lowest BCUT2D eigenvalue weighted by molar-refractivity contribution is -0.138. The summed E-state index contributed by atoms with van der Waals surface area (Å²) in [5.41, 5.74) is 6.29. The Labute approximate surface area is 130 Å². The zero-order valence-electron chi connectivity index (χ0n) is 11.7. The van der Waals surface area contributed by atoms with Gasteiger partial charge in [-0.3, -0.25) is 4.79 Å². The lowest BCUT2D eigenvalue weighted by Gasteiger charge is -2.08. The number of rotatable bonds is 8. The Hall–Kier alpha value is -1.79. The smallest absolute Gasteiger partial charge is 0.407 e. The first-order valence-electron chi connectivity index (χ1n) is 6.52. The highest BCUT2D eigenvalue weighted by molar-refractivity contribution is 5.85. The summed E-state index contributed by atoms with van der Waals surface area (Å²) in [6.45, 7) is 0.677. The van der Waals surface area contributed by atoms with Crippen LogP contribution in [0, 0.1) is 0 Å². The highest BCUT2D eigenvalue weighted by Gasteiger charge is 2.10. The van der Waals surface area contributed by atoms with Gasteiger partial charge in [0.1, 0.15) is 12.6 Å². The summed E-state index contributed by atoms with van der Waals surface area (Å²) < 4.78 is 5.03.